The first kappa shape index (κ1) is 15.9. The topological polar surface area (TPSA) is 68.3 Å². The Kier molecular flexibility index (Phi) is 5.72. The average molecular weight is 310 g/mol. The molecule has 0 aromatic carbocycles. The average Bonchev–Trinajstić information content (AvgIpc) is 2.94. The number of fused-ring (bicyclic) bond motifs is 1. The lowest BCUT2D eigenvalue weighted by molar-refractivity contribution is 0.0365. The molecular formula is C14H22N4O2S. The zero-order valence-electron chi connectivity index (χ0n) is 12.9. The molecule has 0 aliphatic heterocycles. The van der Waals surface area contributed by atoms with Crippen LogP contribution in [-0.2, 0) is 15.9 Å². The van der Waals surface area contributed by atoms with Crippen molar-refractivity contribution in [1.82, 2.24) is 9.97 Å². The first-order valence-corrected chi connectivity index (χ1v) is 7.77. The van der Waals surface area contributed by atoms with Crippen molar-refractivity contribution in [1.29, 1.82) is 0 Å². The molecule has 21 heavy (non-hydrogen) atoms. The number of anilines is 2. The summed E-state index contributed by atoms with van der Waals surface area (Å²) in [4.78, 5) is 11.3. The van der Waals surface area contributed by atoms with E-state index in [-0.39, 0.29) is 6.10 Å². The highest BCUT2D eigenvalue weighted by molar-refractivity contribution is 7.18. The van der Waals surface area contributed by atoms with Gasteiger partial charge in [0.05, 0.1) is 18.1 Å². The van der Waals surface area contributed by atoms with Crippen molar-refractivity contribution in [2.45, 2.75) is 19.4 Å². The summed E-state index contributed by atoms with van der Waals surface area (Å²) in [6, 6.07) is 2.15. The third-order valence-electron chi connectivity index (χ3n) is 3.20. The highest BCUT2D eigenvalue weighted by Crippen LogP contribution is 2.30. The van der Waals surface area contributed by atoms with Crippen LogP contribution in [0.1, 0.15) is 11.8 Å². The van der Waals surface area contributed by atoms with Gasteiger partial charge in [0.1, 0.15) is 10.6 Å². The third-order valence-corrected chi connectivity index (χ3v) is 4.37. The van der Waals surface area contributed by atoms with Crippen LogP contribution in [0.4, 0.5) is 11.8 Å². The monoisotopic (exact) mass is 310 g/mol. The summed E-state index contributed by atoms with van der Waals surface area (Å²) >= 11 is 1.70. The fourth-order valence-electron chi connectivity index (χ4n) is 2.00. The summed E-state index contributed by atoms with van der Waals surface area (Å²) in [5.41, 5.74) is 0. The number of nitrogens with zero attached hydrogens (tertiary/aromatic N) is 2. The Morgan fingerprint density at radius 2 is 2.14 bits per heavy atom. The van der Waals surface area contributed by atoms with Crippen molar-refractivity contribution in [2.24, 2.45) is 0 Å². The van der Waals surface area contributed by atoms with Crippen LogP contribution in [-0.4, -0.2) is 50.5 Å². The SMILES string of the molecule is CCc1cc2c(NCC(COC)OC)nc(NC)nc2s1. The minimum absolute atomic E-state index is 0.0117. The van der Waals surface area contributed by atoms with Crippen LogP contribution in [0.25, 0.3) is 10.2 Å². The molecule has 0 amide bonds. The minimum Gasteiger partial charge on any atom is -0.382 e. The molecule has 0 spiro atoms. The molecule has 1 atom stereocenters. The number of aromatic nitrogens is 2. The van der Waals surface area contributed by atoms with Crippen molar-refractivity contribution in [3.05, 3.63) is 10.9 Å². The van der Waals surface area contributed by atoms with Gasteiger partial charge in [0.25, 0.3) is 0 Å². The number of hydrogen-bond acceptors (Lipinski definition) is 7. The number of ether oxygens (including phenoxy) is 2. The van der Waals surface area contributed by atoms with Gasteiger partial charge in [0.2, 0.25) is 5.95 Å². The molecule has 1 unspecified atom stereocenters. The van der Waals surface area contributed by atoms with Gasteiger partial charge in [-0.2, -0.15) is 4.98 Å². The molecule has 6 nitrogen and oxygen atoms in total. The van der Waals surface area contributed by atoms with Crippen LogP contribution in [0.15, 0.2) is 6.07 Å². The molecule has 2 heterocycles. The van der Waals surface area contributed by atoms with Crippen LogP contribution in [0.3, 0.4) is 0 Å². The molecule has 0 fully saturated rings. The molecule has 2 aromatic heterocycles. The normalized spacial score (nSPS) is 12.6. The molecule has 2 aromatic rings. The number of hydrogen-bond donors (Lipinski definition) is 2. The Hall–Kier alpha value is -1.44. The van der Waals surface area contributed by atoms with Crippen LogP contribution < -0.4 is 10.6 Å². The van der Waals surface area contributed by atoms with Gasteiger partial charge >= 0.3 is 0 Å². The second kappa shape index (κ2) is 7.53. The van der Waals surface area contributed by atoms with E-state index in [1.165, 1.54) is 4.88 Å². The number of methoxy groups -OCH3 is 2. The number of aryl methyl sites for hydroxylation is 1. The first-order chi connectivity index (χ1) is 10.2. The number of nitrogens with one attached hydrogen (secondary N) is 2. The van der Waals surface area contributed by atoms with Crippen molar-refractivity contribution >= 4 is 33.3 Å². The summed E-state index contributed by atoms with van der Waals surface area (Å²) < 4.78 is 10.5. The number of thiophene rings is 1. The van der Waals surface area contributed by atoms with E-state index in [0.29, 0.717) is 19.1 Å². The zero-order valence-corrected chi connectivity index (χ0v) is 13.7. The van der Waals surface area contributed by atoms with Gasteiger partial charge in [-0.25, -0.2) is 4.98 Å². The highest BCUT2D eigenvalue weighted by Gasteiger charge is 2.13. The molecule has 0 saturated heterocycles. The molecule has 0 bridgehead atoms. The third kappa shape index (κ3) is 3.81. The van der Waals surface area contributed by atoms with E-state index in [9.17, 15) is 0 Å². The Morgan fingerprint density at radius 1 is 1.33 bits per heavy atom. The quantitative estimate of drug-likeness (QED) is 0.780. The van der Waals surface area contributed by atoms with Gasteiger partial charge in [0, 0.05) is 32.7 Å². The largest absolute Gasteiger partial charge is 0.382 e. The number of rotatable bonds is 8. The van der Waals surface area contributed by atoms with Crippen LogP contribution in [0.5, 0.6) is 0 Å². The van der Waals surface area contributed by atoms with E-state index in [2.05, 4.69) is 33.6 Å². The van der Waals surface area contributed by atoms with Gasteiger partial charge < -0.3 is 20.1 Å². The predicted octanol–water partition coefficient (Wildman–Crippen LogP) is 2.37. The lowest BCUT2D eigenvalue weighted by Gasteiger charge is -2.16. The van der Waals surface area contributed by atoms with Crippen molar-refractivity contribution in [2.75, 3.05) is 45.1 Å². The first-order valence-electron chi connectivity index (χ1n) is 6.95. The fraction of sp³-hybridized carbons (Fsp3) is 0.571. The molecule has 0 saturated carbocycles. The Labute approximate surface area is 128 Å². The van der Waals surface area contributed by atoms with Crippen LogP contribution >= 0.6 is 11.3 Å². The molecule has 0 aliphatic rings. The molecule has 0 radical (unpaired) electrons. The summed E-state index contributed by atoms with van der Waals surface area (Å²) in [5, 5.41) is 7.41. The van der Waals surface area contributed by atoms with Crippen molar-refractivity contribution in [3.8, 4) is 0 Å². The lowest BCUT2D eigenvalue weighted by atomic mass is 10.3. The molecule has 7 heteroatoms. The molecule has 0 aliphatic carbocycles. The smallest absolute Gasteiger partial charge is 0.225 e. The lowest BCUT2D eigenvalue weighted by Crippen LogP contribution is -2.27. The predicted molar refractivity (Wildman–Crippen MR) is 87.5 cm³/mol. The fourth-order valence-corrected chi connectivity index (χ4v) is 2.97. The van der Waals surface area contributed by atoms with Crippen LogP contribution in [0.2, 0.25) is 0 Å². The summed E-state index contributed by atoms with van der Waals surface area (Å²) in [5.74, 6) is 1.45. The van der Waals surface area contributed by atoms with E-state index in [0.717, 1.165) is 22.5 Å². The summed E-state index contributed by atoms with van der Waals surface area (Å²) in [6.07, 6.45) is 0.988. The summed E-state index contributed by atoms with van der Waals surface area (Å²) in [6.45, 7) is 3.32. The zero-order chi connectivity index (χ0) is 15.2. The van der Waals surface area contributed by atoms with Gasteiger partial charge in [0.15, 0.2) is 0 Å². The maximum Gasteiger partial charge on any atom is 0.225 e. The molecule has 116 valence electrons. The van der Waals surface area contributed by atoms with Gasteiger partial charge in [-0.05, 0) is 12.5 Å². The van der Waals surface area contributed by atoms with Crippen LogP contribution in [0, 0.1) is 0 Å². The second-order valence-corrected chi connectivity index (χ2v) is 5.74. The van der Waals surface area contributed by atoms with E-state index >= 15 is 0 Å². The van der Waals surface area contributed by atoms with E-state index in [1.807, 2.05) is 7.05 Å². The van der Waals surface area contributed by atoms with Gasteiger partial charge in [-0.15, -0.1) is 11.3 Å². The van der Waals surface area contributed by atoms with E-state index < -0.39 is 0 Å². The van der Waals surface area contributed by atoms with E-state index in [4.69, 9.17) is 9.47 Å². The maximum absolute atomic E-state index is 5.36. The van der Waals surface area contributed by atoms with Gasteiger partial charge in [-0.1, -0.05) is 6.92 Å². The van der Waals surface area contributed by atoms with Crippen molar-refractivity contribution < 1.29 is 9.47 Å². The Morgan fingerprint density at radius 3 is 2.76 bits per heavy atom. The highest BCUT2D eigenvalue weighted by atomic mass is 32.1. The second-order valence-electron chi connectivity index (χ2n) is 4.62. The standard InChI is InChI=1S/C14H22N4O2S/c1-5-10-6-11-12(16-7-9(20-4)8-19-3)17-14(15-2)18-13(11)21-10/h6,9H,5,7-8H2,1-4H3,(H2,15,16,17,18). The molecule has 2 rings (SSSR count). The van der Waals surface area contributed by atoms with Gasteiger partial charge in [-0.3, -0.25) is 0 Å². The Balaban J connectivity index is 2.26. The molecule has 2 N–H and O–H groups in total. The minimum atomic E-state index is -0.0117. The Bertz CT molecular complexity index is 588. The summed E-state index contributed by atoms with van der Waals surface area (Å²) in [7, 11) is 5.17. The van der Waals surface area contributed by atoms with E-state index in [1.54, 1.807) is 25.6 Å². The molecular weight excluding hydrogens is 288 g/mol. The maximum atomic E-state index is 5.36. The van der Waals surface area contributed by atoms with Crippen molar-refractivity contribution in [3.63, 3.8) is 0 Å².